The number of sulfonamides is 1. The highest BCUT2D eigenvalue weighted by Crippen LogP contribution is 2.33. The molecule has 0 aliphatic carbocycles. The molecule has 0 bridgehead atoms. The third-order valence-corrected chi connectivity index (χ3v) is 7.03. The highest BCUT2D eigenvalue weighted by molar-refractivity contribution is 9.10. The number of hydrogen-bond acceptors (Lipinski definition) is 3. The summed E-state index contributed by atoms with van der Waals surface area (Å²) in [5.74, 6) is 0.949. The maximum Gasteiger partial charge on any atom is 0.243 e. The Hall–Kier alpha value is -0.430. The first-order valence-corrected chi connectivity index (χ1v) is 8.69. The van der Waals surface area contributed by atoms with E-state index in [0.717, 1.165) is 23.1 Å². The minimum Gasteiger partial charge on any atom is -0.316 e. The van der Waals surface area contributed by atoms with E-state index in [2.05, 4.69) is 21.2 Å². The molecule has 2 atom stereocenters. The normalized spacial score (nSPS) is 27.7. The zero-order chi connectivity index (χ0) is 13.6. The standard InChI is InChI=1S/C13H17BrN2O2S/c1-9-12(14)3-2-4-13(9)19(17,18)16-7-10-5-15-6-11(10)8-16/h2-4,10-11,15H,5-8H2,1H3/t10-,11+. The predicted molar refractivity (Wildman–Crippen MR) is 77.5 cm³/mol. The minimum absolute atomic E-state index is 0.426. The zero-order valence-corrected chi connectivity index (χ0v) is 13.2. The molecular weight excluding hydrogens is 328 g/mol. The average molecular weight is 345 g/mol. The largest absolute Gasteiger partial charge is 0.316 e. The summed E-state index contributed by atoms with van der Waals surface area (Å²) in [5, 5.41) is 3.33. The second kappa shape index (κ2) is 4.84. The Morgan fingerprint density at radius 2 is 1.89 bits per heavy atom. The van der Waals surface area contributed by atoms with E-state index < -0.39 is 10.0 Å². The molecule has 2 aliphatic heterocycles. The van der Waals surface area contributed by atoms with Crippen molar-refractivity contribution in [3.05, 3.63) is 28.2 Å². The summed E-state index contributed by atoms with van der Waals surface area (Å²) in [6, 6.07) is 5.35. The van der Waals surface area contributed by atoms with Crippen LogP contribution < -0.4 is 5.32 Å². The lowest BCUT2D eigenvalue weighted by Crippen LogP contribution is -2.32. The van der Waals surface area contributed by atoms with Gasteiger partial charge in [-0.25, -0.2) is 8.42 Å². The van der Waals surface area contributed by atoms with Crippen molar-refractivity contribution in [1.29, 1.82) is 0 Å². The predicted octanol–water partition coefficient (Wildman–Crippen LogP) is 1.60. The van der Waals surface area contributed by atoms with Gasteiger partial charge >= 0.3 is 0 Å². The molecule has 0 amide bonds. The van der Waals surface area contributed by atoms with Crippen molar-refractivity contribution in [3.8, 4) is 0 Å². The molecule has 1 N–H and O–H groups in total. The number of nitrogens with one attached hydrogen (secondary N) is 1. The minimum atomic E-state index is -3.36. The van der Waals surface area contributed by atoms with E-state index >= 15 is 0 Å². The van der Waals surface area contributed by atoms with Crippen LogP contribution >= 0.6 is 15.9 Å². The van der Waals surface area contributed by atoms with Crippen LogP contribution in [-0.4, -0.2) is 38.9 Å². The van der Waals surface area contributed by atoms with Crippen molar-refractivity contribution >= 4 is 26.0 Å². The van der Waals surface area contributed by atoms with Crippen molar-refractivity contribution in [3.63, 3.8) is 0 Å². The monoisotopic (exact) mass is 344 g/mol. The summed E-state index contributed by atoms with van der Waals surface area (Å²) < 4.78 is 27.9. The Labute approximate surface area is 122 Å². The average Bonchev–Trinajstić information content (AvgIpc) is 2.92. The fraction of sp³-hybridized carbons (Fsp3) is 0.538. The molecule has 1 aromatic rings. The topological polar surface area (TPSA) is 49.4 Å². The van der Waals surface area contributed by atoms with Crippen molar-refractivity contribution in [2.45, 2.75) is 11.8 Å². The van der Waals surface area contributed by atoms with Crippen LogP contribution in [0.25, 0.3) is 0 Å². The molecule has 0 saturated carbocycles. The van der Waals surface area contributed by atoms with Gasteiger partial charge in [0.25, 0.3) is 0 Å². The van der Waals surface area contributed by atoms with Crippen LogP contribution in [0.2, 0.25) is 0 Å². The van der Waals surface area contributed by atoms with E-state index in [1.165, 1.54) is 0 Å². The molecule has 104 valence electrons. The van der Waals surface area contributed by atoms with E-state index in [1.807, 2.05) is 13.0 Å². The molecule has 6 heteroatoms. The molecule has 1 aromatic carbocycles. The molecular formula is C13H17BrN2O2S. The first kappa shape index (κ1) is 13.5. The molecule has 0 unspecified atom stereocenters. The summed E-state index contributed by atoms with van der Waals surface area (Å²) in [7, 11) is -3.36. The van der Waals surface area contributed by atoms with Gasteiger partial charge in [-0.15, -0.1) is 0 Å². The lowest BCUT2D eigenvalue weighted by atomic mass is 10.0. The lowest BCUT2D eigenvalue weighted by Gasteiger charge is -2.19. The lowest BCUT2D eigenvalue weighted by molar-refractivity contribution is 0.447. The van der Waals surface area contributed by atoms with Crippen molar-refractivity contribution < 1.29 is 8.42 Å². The third-order valence-electron chi connectivity index (χ3n) is 4.19. The van der Waals surface area contributed by atoms with Crippen LogP contribution in [0, 0.1) is 18.8 Å². The Morgan fingerprint density at radius 3 is 2.53 bits per heavy atom. The van der Waals surface area contributed by atoms with Gasteiger partial charge in [-0.3, -0.25) is 0 Å². The molecule has 19 heavy (non-hydrogen) atoms. The number of hydrogen-bond donors (Lipinski definition) is 1. The molecule has 0 aromatic heterocycles. The third kappa shape index (κ3) is 2.24. The molecule has 0 spiro atoms. The molecule has 2 saturated heterocycles. The van der Waals surface area contributed by atoms with Gasteiger partial charge in [-0.05, 0) is 49.5 Å². The summed E-state index contributed by atoms with van der Waals surface area (Å²) in [6.45, 7) is 5.01. The van der Waals surface area contributed by atoms with Gasteiger partial charge < -0.3 is 5.32 Å². The van der Waals surface area contributed by atoms with Gasteiger partial charge in [-0.2, -0.15) is 4.31 Å². The van der Waals surface area contributed by atoms with Crippen molar-refractivity contribution in [1.82, 2.24) is 9.62 Å². The highest BCUT2D eigenvalue weighted by atomic mass is 79.9. The van der Waals surface area contributed by atoms with Crippen LogP contribution in [0.1, 0.15) is 5.56 Å². The van der Waals surface area contributed by atoms with E-state index in [9.17, 15) is 8.42 Å². The molecule has 3 rings (SSSR count). The Kier molecular flexibility index (Phi) is 3.45. The van der Waals surface area contributed by atoms with Crippen LogP contribution in [-0.2, 0) is 10.0 Å². The van der Waals surface area contributed by atoms with Crippen LogP contribution in [0.15, 0.2) is 27.6 Å². The number of fused-ring (bicyclic) bond motifs is 1. The Morgan fingerprint density at radius 1 is 1.26 bits per heavy atom. The van der Waals surface area contributed by atoms with E-state index in [4.69, 9.17) is 0 Å². The zero-order valence-electron chi connectivity index (χ0n) is 10.8. The quantitative estimate of drug-likeness (QED) is 0.886. The van der Waals surface area contributed by atoms with Crippen molar-refractivity contribution in [2.24, 2.45) is 11.8 Å². The second-order valence-electron chi connectivity index (χ2n) is 5.36. The van der Waals surface area contributed by atoms with E-state index in [-0.39, 0.29) is 0 Å². The summed E-state index contributed by atoms with van der Waals surface area (Å²) >= 11 is 3.40. The SMILES string of the molecule is Cc1c(Br)cccc1S(=O)(=O)N1C[C@H]2CNC[C@H]2C1. The van der Waals surface area contributed by atoms with Gasteiger partial charge in [0.15, 0.2) is 0 Å². The van der Waals surface area contributed by atoms with Gasteiger partial charge in [0.2, 0.25) is 10.0 Å². The van der Waals surface area contributed by atoms with Crippen LogP contribution in [0.5, 0.6) is 0 Å². The second-order valence-corrected chi connectivity index (χ2v) is 8.12. The number of rotatable bonds is 2. The van der Waals surface area contributed by atoms with Gasteiger partial charge in [0.05, 0.1) is 4.90 Å². The maximum absolute atomic E-state index is 12.7. The van der Waals surface area contributed by atoms with Crippen LogP contribution in [0.3, 0.4) is 0 Å². The molecule has 0 radical (unpaired) electrons. The maximum atomic E-state index is 12.7. The smallest absolute Gasteiger partial charge is 0.243 e. The van der Waals surface area contributed by atoms with Gasteiger partial charge in [-0.1, -0.05) is 22.0 Å². The molecule has 2 fully saturated rings. The number of halogens is 1. The first-order chi connectivity index (χ1) is 9.00. The summed E-state index contributed by atoms with van der Waals surface area (Å²) in [5.41, 5.74) is 0.790. The Balaban J connectivity index is 1.93. The first-order valence-electron chi connectivity index (χ1n) is 6.46. The van der Waals surface area contributed by atoms with E-state index in [0.29, 0.717) is 29.8 Å². The van der Waals surface area contributed by atoms with E-state index in [1.54, 1.807) is 16.4 Å². The fourth-order valence-corrected chi connectivity index (χ4v) is 5.31. The number of nitrogens with zero attached hydrogens (tertiary/aromatic N) is 1. The molecule has 2 heterocycles. The number of benzene rings is 1. The summed E-state index contributed by atoms with van der Waals surface area (Å²) in [4.78, 5) is 0.426. The van der Waals surface area contributed by atoms with Gasteiger partial charge in [0, 0.05) is 17.6 Å². The van der Waals surface area contributed by atoms with Crippen LogP contribution in [0.4, 0.5) is 0 Å². The molecule has 4 nitrogen and oxygen atoms in total. The highest BCUT2D eigenvalue weighted by Gasteiger charge is 2.41. The van der Waals surface area contributed by atoms with Crippen molar-refractivity contribution in [2.75, 3.05) is 26.2 Å². The Bertz CT molecular complexity index is 591. The summed E-state index contributed by atoms with van der Waals surface area (Å²) in [6.07, 6.45) is 0. The molecule has 2 aliphatic rings. The van der Waals surface area contributed by atoms with Gasteiger partial charge in [0.1, 0.15) is 0 Å². The fourth-order valence-electron chi connectivity index (χ4n) is 3.01.